The summed E-state index contributed by atoms with van der Waals surface area (Å²) < 4.78 is 15.1. The summed E-state index contributed by atoms with van der Waals surface area (Å²) in [5.74, 6) is -0.565. The number of halogens is 1. The number of nitrogens with zero attached hydrogens (tertiary/aromatic N) is 2. The number of benzene rings is 2. The first-order chi connectivity index (χ1) is 13.7. The highest BCUT2D eigenvalue weighted by atomic mass is 32.1. The fourth-order valence-electron chi connectivity index (χ4n) is 2.86. The summed E-state index contributed by atoms with van der Waals surface area (Å²) in [6, 6.07) is 25.5. The Bertz CT molecular complexity index is 1160. The maximum absolute atomic E-state index is 13.1. The lowest BCUT2D eigenvalue weighted by Gasteiger charge is -2.07. The number of aromatic nitrogens is 1. The standard InChI is InChI=1S/C23H17FN2OS/c24-19-11-9-18(10-12-19)20-13-14-21(28-20)23(27)25-22-8-4-5-15-26(22)16-17-6-2-1-3-7-17/h1-15H,16H2. The molecule has 0 unspecified atom stereocenters. The highest BCUT2D eigenvalue weighted by Gasteiger charge is 2.10. The molecule has 1 amide bonds. The first kappa shape index (κ1) is 18.1. The van der Waals surface area contributed by atoms with Crippen molar-refractivity contribution in [3.05, 3.63) is 113 Å². The van der Waals surface area contributed by atoms with E-state index in [0.717, 1.165) is 16.0 Å². The van der Waals surface area contributed by atoms with Gasteiger partial charge in [0, 0.05) is 17.6 Å². The maximum Gasteiger partial charge on any atom is 0.289 e. The SMILES string of the molecule is O=C(N=c1ccccn1Cc1ccccc1)c1ccc(-c2ccc(F)cc2)s1. The van der Waals surface area contributed by atoms with Crippen LogP contribution in [0.3, 0.4) is 0 Å². The minimum atomic E-state index is -0.286. The molecular weight excluding hydrogens is 371 g/mol. The predicted molar refractivity (Wildman–Crippen MR) is 110 cm³/mol. The summed E-state index contributed by atoms with van der Waals surface area (Å²) in [6.45, 7) is 0.638. The second kappa shape index (κ2) is 8.15. The summed E-state index contributed by atoms with van der Waals surface area (Å²) in [5.41, 5.74) is 2.62. The van der Waals surface area contributed by atoms with Gasteiger partial charge >= 0.3 is 0 Å². The lowest BCUT2D eigenvalue weighted by molar-refractivity contribution is 0.100. The summed E-state index contributed by atoms with van der Waals surface area (Å²) in [7, 11) is 0. The lowest BCUT2D eigenvalue weighted by Crippen LogP contribution is -2.21. The molecule has 0 radical (unpaired) electrons. The minimum absolute atomic E-state index is 0.279. The third-order valence-corrected chi connectivity index (χ3v) is 5.40. The number of rotatable bonds is 4. The molecule has 28 heavy (non-hydrogen) atoms. The van der Waals surface area contributed by atoms with E-state index in [1.54, 1.807) is 18.2 Å². The van der Waals surface area contributed by atoms with Gasteiger partial charge in [0.25, 0.3) is 5.91 Å². The Hall–Kier alpha value is -3.31. The van der Waals surface area contributed by atoms with Gasteiger partial charge < -0.3 is 4.57 Å². The van der Waals surface area contributed by atoms with Crippen molar-refractivity contribution in [2.75, 3.05) is 0 Å². The molecule has 2 heterocycles. The molecule has 0 saturated carbocycles. The molecule has 4 rings (SSSR count). The van der Waals surface area contributed by atoms with Crippen LogP contribution in [-0.2, 0) is 6.54 Å². The Balaban J connectivity index is 1.61. The van der Waals surface area contributed by atoms with E-state index >= 15 is 0 Å². The van der Waals surface area contributed by atoms with Gasteiger partial charge in [0.2, 0.25) is 0 Å². The Morgan fingerprint density at radius 3 is 2.43 bits per heavy atom. The molecule has 2 aromatic heterocycles. The molecule has 5 heteroatoms. The highest BCUT2D eigenvalue weighted by molar-refractivity contribution is 7.17. The number of hydrogen-bond donors (Lipinski definition) is 0. The largest absolute Gasteiger partial charge is 0.328 e. The van der Waals surface area contributed by atoms with E-state index in [4.69, 9.17) is 0 Å². The van der Waals surface area contributed by atoms with Gasteiger partial charge in [-0.2, -0.15) is 4.99 Å². The Labute approximate surface area is 166 Å². The molecular formula is C23H17FN2OS. The molecule has 2 aromatic carbocycles. The van der Waals surface area contributed by atoms with E-state index in [9.17, 15) is 9.18 Å². The van der Waals surface area contributed by atoms with Crippen LogP contribution in [0.4, 0.5) is 4.39 Å². The first-order valence-corrected chi connectivity index (χ1v) is 9.65. The van der Waals surface area contributed by atoms with Crippen LogP contribution in [0, 0.1) is 5.82 Å². The van der Waals surface area contributed by atoms with Crippen molar-refractivity contribution >= 4 is 17.2 Å². The van der Waals surface area contributed by atoms with Gasteiger partial charge in [-0.1, -0.05) is 48.5 Å². The van der Waals surface area contributed by atoms with E-state index in [-0.39, 0.29) is 11.7 Å². The Morgan fingerprint density at radius 2 is 1.64 bits per heavy atom. The smallest absolute Gasteiger partial charge is 0.289 e. The molecule has 0 aliphatic heterocycles. The number of pyridine rings is 1. The van der Waals surface area contributed by atoms with Crippen molar-refractivity contribution < 1.29 is 9.18 Å². The van der Waals surface area contributed by atoms with Crippen molar-refractivity contribution in [3.63, 3.8) is 0 Å². The molecule has 0 aliphatic carbocycles. The van der Waals surface area contributed by atoms with Crippen LogP contribution in [0.5, 0.6) is 0 Å². The van der Waals surface area contributed by atoms with Crippen LogP contribution < -0.4 is 5.49 Å². The number of carbonyl (C=O) groups is 1. The Kier molecular flexibility index (Phi) is 5.26. The number of hydrogen-bond acceptors (Lipinski definition) is 2. The lowest BCUT2D eigenvalue weighted by atomic mass is 10.2. The zero-order chi connectivity index (χ0) is 19.3. The van der Waals surface area contributed by atoms with Crippen LogP contribution >= 0.6 is 11.3 Å². The van der Waals surface area contributed by atoms with Crippen molar-refractivity contribution in [2.24, 2.45) is 4.99 Å². The quantitative estimate of drug-likeness (QED) is 0.476. The van der Waals surface area contributed by atoms with E-state index in [0.29, 0.717) is 16.9 Å². The summed E-state index contributed by atoms with van der Waals surface area (Å²) in [5, 5.41) is 0. The fourth-order valence-corrected chi connectivity index (χ4v) is 3.76. The van der Waals surface area contributed by atoms with Gasteiger partial charge in [-0.25, -0.2) is 4.39 Å². The number of amides is 1. The second-order valence-electron chi connectivity index (χ2n) is 6.26. The second-order valence-corrected chi connectivity index (χ2v) is 7.34. The van der Waals surface area contributed by atoms with Crippen molar-refractivity contribution in [1.82, 2.24) is 4.57 Å². The van der Waals surface area contributed by atoms with Gasteiger partial charge in [0.05, 0.1) is 4.88 Å². The topological polar surface area (TPSA) is 34.4 Å². The van der Waals surface area contributed by atoms with Crippen molar-refractivity contribution in [1.29, 1.82) is 0 Å². The zero-order valence-corrected chi connectivity index (χ0v) is 15.8. The summed E-state index contributed by atoms with van der Waals surface area (Å²) in [6.07, 6.45) is 1.91. The monoisotopic (exact) mass is 388 g/mol. The molecule has 3 nitrogen and oxygen atoms in total. The fraction of sp³-hybridized carbons (Fsp3) is 0.0435. The van der Waals surface area contributed by atoms with Gasteiger partial charge in [0.15, 0.2) is 0 Å². The van der Waals surface area contributed by atoms with Gasteiger partial charge in [0.1, 0.15) is 11.3 Å². The van der Waals surface area contributed by atoms with Crippen LogP contribution in [0.1, 0.15) is 15.2 Å². The van der Waals surface area contributed by atoms with Crippen LogP contribution in [-0.4, -0.2) is 10.5 Å². The molecule has 0 atom stereocenters. The van der Waals surface area contributed by atoms with E-state index in [1.165, 1.54) is 23.5 Å². The molecule has 138 valence electrons. The molecule has 0 aliphatic rings. The first-order valence-electron chi connectivity index (χ1n) is 8.83. The summed E-state index contributed by atoms with van der Waals surface area (Å²) >= 11 is 1.35. The number of thiophene rings is 1. The van der Waals surface area contributed by atoms with Gasteiger partial charge in [-0.05, 0) is 47.5 Å². The molecule has 0 fully saturated rings. The van der Waals surface area contributed by atoms with E-state index in [1.807, 2.05) is 65.4 Å². The van der Waals surface area contributed by atoms with Crippen LogP contribution in [0.2, 0.25) is 0 Å². The van der Waals surface area contributed by atoms with Gasteiger partial charge in [-0.3, -0.25) is 4.79 Å². The van der Waals surface area contributed by atoms with E-state index in [2.05, 4.69) is 4.99 Å². The summed E-state index contributed by atoms with van der Waals surface area (Å²) in [4.78, 5) is 18.5. The third-order valence-electron chi connectivity index (χ3n) is 4.27. The highest BCUT2D eigenvalue weighted by Crippen LogP contribution is 2.28. The number of carbonyl (C=O) groups excluding carboxylic acids is 1. The van der Waals surface area contributed by atoms with Crippen LogP contribution in [0.25, 0.3) is 10.4 Å². The maximum atomic E-state index is 13.1. The molecule has 0 N–H and O–H groups in total. The predicted octanol–water partition coefficient (Wildman–Crippen LogP) is 5.15. The normalized spacial score (nSPS) is 11.5. The average molecular weight is 388 g/mol. The van der Waals surface area contributed by atoms with Crippen LogP contribution in [0.15, 0.2) is 96.1 Å². The molecule has 0 bridgehead atoms. The minimum Gasteiger partial charge on any atom is -0.328 e. The van der Waals surface area contributed by atoms with Gasteiger partial charge in [-0.15, -0.1) is 11.3 Å². The van der Waals surface area contributed by atoms with Crippen molar-refractivity contribution in [3.8, 4) is 10.4 Å². The average Bonchev–Trinajstić information content (AvgIpc) is 3.21. The molecule has 4 aromatic rings. The molecule has 0 saturated heterocycles. The molecule has 0 spiro atoms. The third kappa shape index (κ3) is 4.15. The zero-order valence-electron chi connectivity index (χ0n) is 15.0. The van der Waals surface area contributed by atoms with E-state index < -0.39 is 0 Å². The Morgan fingerprint density at radius 1 is 0.893 bits per heavy atom. The van der Waals surface area contributed by atoms with Crippen molar-refractivity contribution in [2.45, 2.75) is 6.54 Å².